The van der Waals surface area contributed by atoms with Gasteiger partial charge in [-0.3, -0.25) is 0 Å². The fourth-order valence-electron chi connectivity index (χ4n) is 2.30. The van der Waals surface area contributed by atoms with Crippen molar-refractivity contribution >= 4 is 28.2 Å². The quantitative estimate of drug-likeness (QED) is 0.623. The molecule has 0 aliphatic carbocycles. The molecule has 0 aromatic carbocycles. The molecule has 0 atom stereocenters. The summed E-state index contributed by atoms with van der Waals surface area (Å²) >= 11 is 1.64. The highest BCUT2D eigenvalue weighted by Crippen LogP contribution is 2.23. The molecule has 3 aromatic rings. The minimum Gasteiger partial charge on any atom is -0.363 e. The van der Waals surface area contributed by atoms with E-state index in [9.17, 15) is 0 Å². The van der Waals surface area contributed by atoms with Crippen LogP contribution in [0.3, 0.4) is 0 Å². The minimum atomic E-state index is 0.684. The molecule has 0 unspecified atom stereocenters. The predicted molar refractivity (Wildman–Crippen MR) is 90.3 cm³/mol. The van der Waals surface area contributed by atoms with Gasteiger partial charge in [-0.25, -0.2) is 15.0 Å². The zero-order valence-electron chi connectivity index (χ0n) is 12.8. The Bertz CT molecular complexity index is 734. The predicted octanol–water partition coefficient (Wildman–Crippen LogP) is 2.35. The lowest BCUT2D eigenvalue weighted by Gasteiger charge is -2.06. The van der Waals surface area contributed by atoms with Gasteiger partial charge in [-0.05, 0) is 19.5 Å². The van der Waals surface area contributed by atoms with E-state index in [0.29, 0.717) is 6.54 Å². The molecule has 0 saturated carbocycles. The van der Waals surface area contributed by atoms with Gasteiger partial charge in [-0.1, -0.05) is 6.92 Å². The van der Waals surface area contributed by atoms with Gasteiger partial charge in [0.25, 0.3) is 0 Å². The highest BCUT2D eigenvalue weighted by molar-refractivity contribution is 7.09. The third kappa shape index (κ3) is 3.26. The number of aromatic nitrogens is 4. The number of hydrogen-bond acceptors (Lipinski definition) is 6. The van der Waals surface area contributed by atoms with Crippen LogP contribution in [0.1, 0.15) is 23.4 Å². The van der Waals surface area contributed by atoms with E-state index in [1.54, 1.807) is 11.3 Å². The zero-order chi connectivity index (χ0) is 15.4. The molecule has 22 heavy (non-hydrogen) atoms. The van der Waals surface area contributed by atoms with E-state index in [4.69, 9.17) is 0 Å². The molecule has 116 valence electrons. The number of thiazole rings is 1. The van der Waals surface area contributed by atoms with Gasteiger partial charge in [0.05, 0.1) is 11.9 Å². The second-order valence-corrected chi connectivity index (χ2v) is 6.01. The van der Waals surface area contributed by atoms with E-state index < -0.39 is 0 Å². The molecule has 3 heterocycles. The van der Waals surface area contributed by atoms with Crippen LogP contribution >= 0.6 is 11.3 Å². The first-order chi connectivity index (χ1) is 10.8. The van der Waals surface area contributed by atoms with Crippen LogP contribution in [-0.2, 0) is 19.4 Å². The monoisotopic (exact) mass is 316 g/mol. The van der Waals surface area contributed by atoms with Crippen molar-refractivity contribution in [2.45, 2.75) is 26.3 Å². The summed E-state index contributed by atoms with van der Waals surface area (Å²) in [5.74, 6) is 1.72. The second kappa shape index (κ2) is 6.85. The van der Waals surface area contributed by atoms with Gasteiger partial charge in [-0.15, -0.1) is 11.3 Å². The number of aryl methyl sites for hydroxylation is 1. The van der Waals surface area contributed by atoms with Crippen LogP contribution in [0.5, 0.6) is 0 Å². The van der Waals surface area contributed by atoms with Gasteiger partial charge in [0.2, 0.25) is 0 Å². The van der Waals surface area contributed by atoms with E-state index in [0.717, 1.165) is 47.1 Å². The minimum absolute atomic E-state index is 0.684. The van der Waals surface area contributed by atoms with E-state index in [2.05, 4.69) is 43.6 Å². The highest BCUT2D eigenvalue weighted by Gasteiger charge is 2.11. The Morgan fingerprint density at radius 2 is 2.23 bits per heavy atom. The van der Waals surface area contributed by atoms with Crippen molar-refractivity contribution in [2.24, 2.45) is 0 Å². The van der Waals surface area contributed by atoms with Crippen molar-refractivity contribution in [1.29, 1.82) is 0 Å². The van der Waals surface area contributed by atoms with Gasteiger partial charge >= 0.3 is 0 Å². The summed E-state index contributed by atoms with van der Waals surface area (Å²) in [6, 6.07) is 2.14. The van der Waals surface area contributed by atoms with Crippen LogP contribution in [-0.4, -0.2) is 33.5 Å². The van der Waals surface area contributed by atoms with Gasteiger partial charge < -0.3 is 15.6 Å². The van der Waals surface area contributed by atoms with Crippen molar-refractivity contribution in [2.75, 3.05) is 18.9 Å². The highest BCUT2D eigenvalue weighted by atomic mass is 32.1. The maximum absolute atomic E-state index is 4.63. The molecule has 0 bridgehead atoms. The lowest BCUT2D eigenvalue weighted by Crippen LogP contribution is -2.10. The molecule has 3 N–H and O–H groups in total. The van der Waals surface area contributed by atoms with Gasteiger partial charge in [0, 0.05) is 30.2 Å². The fourth-order valence-corrected chi connectivity index (χ4v) is 2.85. The molecule has 3 aromatic heterocycles. The van der Waals surface area contributed by atoms with E-state index in [1.165, 1.54) is 5.69 Å². The van der Waals surface area contributed by atoms with E-state index in [1.807, 2.05) is 18.6 Å². The summed E-state index contributed by atoms with van der Waals surface area (Å²) in [5, 5.41) is 10.6. The Morgan fingerprint density at radius 3 is 2.95 bits per heavy atom. The number of nitrogens with zero attached hydrogens (tertiary/aromatic N) is 3. The molecule has 7 heteroatoms. The zero-order valence-corrected chi connectivity index (χ0v) is 13.6. The molecule has 0 amide bonds. The average molecular weight is 316 g/mol. The number of hydrogen-bond donors (Lipinski definition) is 3. The molecular weight excluding hydrogens is 296 g/mol. The fraction of sp³-hybridized carbons (Fsp3) is 0.400. The van der Waals surface area contributed by atoms with E-state index in [-0.39, 0.29) is 0 Å². The molecule has 0 fully saturated rings. The Labute approximate surface area is 133 Å². The molecule has 0 saturated heterocycles. The number of anilines is 1. The van der Waals surface area contributed by atoms with Gasteiger partial charge in [0.1, 0.15) is 22.3 Å². The van der Waals surface area contributed by atoms with Crippen molar-refractivity contribution in [3.05, 3.63) is 34.2 Å². The Balaban J connectivity index is 1.89. The lowest BCUT2D eigenvalue weighted by atomic mass is 10.2. The molecule has 0 radical (unpaired) electrons. The summed E-state index contributed by atoms with van der Waals surface area (Å²) < 4.78 is 0. The van der Waals surface area contributed by atoms with Crippen LogP contribution in [0, 0.1) is 0 Å². The van der Waals surface area contributed by atoms with Crippen molar-refractivity contribution in [3.8, 4) is 0 Å². The van der Waals surface area contributed by atoms with Gasteiger partial charge in [0.15, 0.2) is 0 Å². The molecule has 0 spiro atoms. The maximum atomic E-state index is 4.63. The van der Waals surface area contributed by atoms with Crippen LogP contribution in [0.2, 0.25) is 0 Å². The smallest absolute Gasteiger partial charge is 0.143 e. The second-order valence-electron chi connectivity index (χ2n) is 5.03. The molecule has 0 aliphatic rings. The maximum Gasteiger partial charge on any atom is 0.143 e. The van der Waals surface area contributed by atoms with Crippen molar-refractivity contribution in [3.63, 3.8) is 0 Å². The third-order valence-electron chi connectivity index (χ3n) is 3.44. The topological polar surface area (TPSA) is 78.5 Å². The van der Waals surface area contributed by atoms with E-state index >= 15 is 0 Å². The molecular formula is C15H20N6S. The standard InChI is InChI=1S/C15H20N6S/c1-3-12-20-14(18-9-13-17-6-7-22-13)11-8-10(4-5-16-2)19-15(11)21-12/h6-8,16H,3-5,9H2,1-2H3,(H2,18,19,20,21). The summed E-state index contributed by atoms with van der Waals surface area (Å²) in [5.41, 5.74) is 2.07. The number of fused-ring (bicyclic) bond motifs is 1. The molecule has 6 nitrogen and oxygen atoms in total. The first-order valence-corrected chi connectivity index (χ1v) is 8.33. The van der Waals surface area contributed by atoms with Crippen LogP contribution in [0.4, 0.5) is 5.82 Å². The van der Waals surface area contributed by atoms with Crippen LogP contribution in [0.25, 0.3) is 11.0 Å². The van der Waals surface area contributed by atoms with Gasteiger partial charge in [-0.2, -0.15) is 0 Å². The summed E-state index contributed by atoms with van der Waals surface area (Å²) in [7, 11) is 1.96. The number of likely N-dealkylation sites (N-methyl/N-ethyl adjacent to an activating group) is 1. The number of rotatable bonds is 7. The normalized spacial score (nSPS) is 11.2. The van der Waals surface area contributed by atoms with Crippen molar-refractivity contribution in [1.82, 2.24) is 25.3 Å². The Kier molecular flexibility index (Phi) is 4.65. The molecule has 0 aliphatic heterocycles. The summed E-state index contributed by atoms with van der Waals surface area (Å²) in [6.07, 6.45) is 3.58. The number of H-pyrrole nitrogens is 1. The molecule has 3 rings (SSSR count). The van der Waals surface area contributed by atoms with Crippen molar-refractivity contribution < 1.29 is 0 Å². The summed E-state index contributed by atoms with van der Waals surface area (Å²) in [6.45, 7) is 3.68. The number of nitrogens with one attached hydrogen (secondary N) is 3. The Hall–Kier alpha value is -1.99. The number of aromatic amines is 1. The SMILES string of the molecule is CCc1nc(NCc2nccs2)c2cc(CCNC)[nH]c2n1. The van der Waals surface area contributed by atoms with Crippen LogP contribution < -0.4 is 10.6 Å². The summed E-state index contributed by atoms with van der Waals surface area (Å²) in [4.78, 5) is 16.9. The largest absolute Gasteiger partial charge is 0.363 e. The first-order valence-electron chi connectivity index (χ1n) is 7.45. The van der Waals surface area contributed by atoms with Crippen LogP contribution in [0.15, 0.2) is 17.6 Å². The average Bonchev–Trinajstić information content (AvgIpc) is 3.19. The third-order valence-corrected chi connectivity index (χ3v) is 4.22. The lowest BCUT2D eigenvalue weighted by molar-refractivity contribution is 0.781. The Morgan fingerprint density at radius 1 is 1.32 bits per heavy atom. The first kappa shape index (κ1) is 14.9.